The third-order valence-corrected chi connectivity index (χ3v) is 9.52. The normalized spacial score (nSPS) is 20.4. The van der Waals surface area contributed by atoms with Crippen LogP contribution in [0.1, 0.15) is 65.7 Å². The molecule has 0 heterocycles. The average molecular weight is 279 g/mol. The molecule has 0 aromatic heterocycles. The minimum atomic E-state index is -1.68. The molecule has 2 heteroatoms. The molecule has 19 heavy (non-hydrogen) atoms. The molecule has 2 rings (SSSR count). The van der Waals surface area contributed by atoms with Gasteiger partial charge >= 0.3 is 0 Å². The Labute approximate surface area is 120 Å². The highest BCUT2D eigenvalue weighted by Gasteiger charge is 2.42. The van der Waals surface area contributed by atoms with Crippen molar-refractivity contribution >= 4 is 8.32 Å². The van der Waals surface area contributed by atoms with Crippen molar-refractivity contribution in [3.05, 3.63) is 23.0 Å². The summed E-state index contributed by atoms with van der Waals surface area (Å²) < 4.78 is 6.57. The lowest BCUT2D eigenvalue weighted by atomic mass is 9.94. The van der Waals surface area contributed by atoms with Gasteiger partial charge in [-0.15, -0.1) is 0 Å². The lowest BCUT2D eigenvalue weighted by Gasteiger charge is -2.40. The molecule has 1 nitrogen and oxygen atoms in total. The van der Waals surface area contributed by atoms with Gasteiger partial charge in [0.1, 0.15) is 0 Å². The Hall–Kier alpha value is -0.503. The minimum absolute atomic E-state index is 0.353. The molecule has 0 fully saturated rings. The van der Waals surface area contributed by atoms with Gasteiger partial charge in [-0.3, -0.25) is 0 Å². The van der Waals surface area contributed by atoms with Crippen molar-refractivity contribution in [3.8, 4) is 0 Å². The average Bonchev–Trinajstić information content (AvgIpc) is 2.69. The molecular formula is C17H30OSi. The first-order valence-electron chi connectivity index (χ1n) is 7.96. The lowest BCUT2D eigenvalue weighted by molar-refractivity contribution is 0.361. The molecule has 0 atom stereocenters. The molecule has 0 saturated carbocycles. The molecule has 0 unspecified atom stereocenters. The molecule has 0 amide bonds. The number of hydrogen-bond donors (Lipinski definition) is 0. The Balaban J connectivity index is 2.02. The van der Waals surface area contributed by atoms with Gasteiger partial charge < -0.3 is 4.43 Å². The number of allylic oxidation sites excluding steroid dienone is 3. The Morgan fingerprint density at radius 2 is 1.89 bits per heavy atom. The van der Waals surface area contributed by atoms with E-state index in [2.05, 4.69) is 39.9 Å². The quantitative estimate of drug-likeness (QED) is 0.565. The van der Waals surface area contributed by atoms with Crippen LogP contribution in [0, 0.1) is 0 Å². The Kier molecular flexibility index (Phi) is 4.29. The van der Waals surface area contributed by atoms with Crippen molar-refractivity contribution in [2.24, 2.45) is 0 Å². The molecule has 0 bridgehead atoms. The van der Waals surface area contributed by atoms with Gasteiger partial charge in [0.2, 0.25) is 8.32 Å². The van der Waals surface area contributed by atoms with Crippen LogP contribution in [-0.2, 0) is 4.43 Å². The minimum Gasteiger partial charge on any atom is -0.546 e. The standard InChI is InChI=1S/C17H30OSi/c1-6-11-17(2,3)19(4,5)18-16-12-14-9-7-8-10-15(14)13-16/h12H,6-11,13H2,1-5H3. The zero-order valence-corrected chi connectivity index (χ0v) is 14.4. The second kappa shape index (κ2) is 5.47. The number of rotatable bonds is 5. The van der Waals surface area contributed by atoms with Crippen LogP contribution in [-0.4, -0.2) is 8.32 Å². The predicted octanol–water partition coefficient (Wildman–Crippen LogP) is 5.95. The molecular weight excluding hydrogens is 248 g/mol. The SMILES string of the molecule is CCCC(C)(C)[Si](C)(C)OC1=CC2=C(CCCC2)C1. The Morgan fingerprint density at radius 3 is 2.53 bits per heavy atom. The maximum atomic E-state index is 6.57. The smallest absolute Gasteiger partial charge is 0.250 e. The van der Waals surface area contributed by atoms with Crippen LogP contribution < -0.4 is 0 Å². The first-order chi connectivity index (χ1) is 8.86. The van der Waals surface area contributed by atoms with Crippen molar-refractivity contribution in [3.63, 3.8) is 0 Å². The van der Waals surface area contributed by atoms with E-state index in [0.717, 1.165) is 6.42 Å². The largest absolute Gasteiger partial charge is 0.546 e. The van der Waals surface area contributed by atoms with Crippen LogP contribution in [0.25, 0.3) is 0 Å². The summed E-state index contributed by atoms with van der Waals surface area (Å²) in [6, 6.07) is 0. The topological polar surface area (TPSA) is 9.23 Å². The van der Waals surface area contributed by atoms with Crippen LogP contribution in [0.3, 0.4) is 0 Å². The molecule has 0 aliphatic heterocycles. The summed E-state index contributed by atoms with van der Waals surface area (Å²) in [6.45, 7) is 11.8. The van der Waals surface area contributed by atoms with Crippen LogP contribution in [0.15, 0.2) is 23.0 Å². The summed E-state index contributed by atoms with van der Waals surface area (Å²) in [4.78, 5) is 0. The fourth-order valence-corrected chi connectivity index (χ4v) is 5.20. The van der Waals surface area contributed by atoms with E-state index in [1.165, 1.54) is 44.3 Å². The van der Waals surface area contributed by atoms with Gasteiger partial charge in [0.15, 0.2) is 0 Å². The maximum Gasteiger partial charge on any atom is 0.250 e. The molecule has 0 radical (unpaired) electrons. The van der Waals surface area contributed by atoms with Gasteiger partial charge in [0.25, 0.3) is 0 Å². The van der Waals surface area contributed by atoms with Crippen LogP contribution in [0.2, 0.25) is 18.1 Å². The van der Waals surface area contributed by atoms with Gasteiger partial charge in [0.05, 0.1) is 5.76 Å². The molecule has 0 aromatic rings. The summed E-state index contributed by atoms with van der Waals surface area (Å²) in [5.74, 6) is 1.27. The lowest BCUT2D eigenvalue weighted by Crippen LogP contribution is -2.42. The zero-order valence-electron chi connectivity index (χ0n) is 13.4. The van der Waals surface area contributed by atoms with E-state index < -0.39 is 8.32 Å². The highest BCUT2D eigenvalue weighted by molar-refractivity contribution is 6.74. The van der Waals surface area contributed by atoms with Crippen LogP contribution in [0.5, 0.6) is 0 Å². The van der Waals surface area contributed by atoms with E-state index in [0.29, 0.717) is 5.04 Å². The van der Waals surface area contributed by atoms with Gasteiger partial charge in [-0.1, -0.05) is 32.8 Å². The molecule has 2 aliphatic carbocycles. The van der Waals surface area contributed by atoms with Crippen LogP contribution in [0.4, 0.5) is 0 Å². The molecule has 108 valence electrons. The Bertz CT molecular complexity index is 401. The highest BCUT2D eigenvalue weighted by Crippen LogP contribution is 2.45. The number of hydrogen-bond acceptors (Lipinski definition) is 1. The van der Waals surface area contributed by atoms with E-state index in [1.807, 2.05) is 0 Å². The van der Waals surface area contributed by atoms with Crippen molar-refractivity contribution in [1.82, 2.24) is 0 Å². The second-order valence-corrected chi connectivity index (χ2v) is 11.9. The summed E-state index contributed by atoms with van der Waals surface area (Å²) in [5, 5.41) is 0.353. The van der Waals surface area contributed by atoms with Crippen molar-refractivity contribution in [1.29, 1.82) is 0 Å². The first kappa shape index (κ1) is 14.9. The molecule has 0 aromatic carbocycles. The van der Waals surface area contributed by atoms with Gasteiger partial charge in [-0.2, -0.15) is 0 Å². The van der Waals surface area contributed by atoms with Crippen molar-refractivity contribution in [2.45, 2.75) is 83.8 Å². The zero-order chi connectivity index (χ0) is 14.1. The summed E-state index contributed by atoms with van der Waals surface area (Å²) in [6.07, 6.45) is 11.3. The van der Waals surface area contributed by atoms with E-state index in [9.17, 15) is 0 Å². The van der Waals surface area contributed by atoms with Gasteiger partial charge in [-0.05, 0) is 61.9 Å². The third kappa shape index (κ3) is 3.15. The highest BCUT2D eigenvalue weighted by atomic mass is 28.4. The fourth-order valence-electron chi connectivity index (χ4n) is 3.28. The fraction of sp³-hybridized carbons (Fsp3) is 0.765. The van der Waals surface area contributed by atoms with Crippen LogP contribution >= 0.6 is 0 Å². The molecule has 0 saturated heterocycles. The predicted molar refractivity (Wildman–Crippen MR) is 85.7 cm³/mol. The monoisotopic (exact) mass is 278 g/mol. The van der Waals surface area contributed by atoms with E-state index in [1.54, 1.807) is 11.1 Å². The third-order valence-electron chi connectivity index (χ3n) is 5.24. The first-order valence-corrected chi connectivity index (χ1v) is 10.9. The molecule has 2 aliphatic rings. The maximum absolute atomic E-state index is 6.57. The Morgan fingerprint density at radius 1 is 1.21 bits per heavy atom. The van der Waals surface area contributed by atoms with E-state index in [4.69, 9.17) is 4.43 Å². The molecule has 0 spiro atoms. The summed E-state index contributed by atoms with van der Waals surface area (Å²) in [5.41, 5.74) is 3.26. The van der Waals surface area contributed by atoms with Gasteiger partial charge in [0, 0.05) is 6.42 Å². The van der Waals surface area contributed by atoms with Crippen molar-refractivity contribution in [2.75, 3.05) is 0 Å². The molecule has 0 N–H and O–H groups in total. The summed E-state index contributed by atoms with van der Waals surface area (Å²) >= 11 is 0. The summed E-state index contributed by atoms with van der Waals surface area (Å²) in [7, 11) is -1.68. The van der Waals surface area contributed by atoms with Gasteiger partial charge in [-0.25, -0.2) is 0 Å². The van der Waals surface area contributed by atoms with Crippen molar-refractivity contribution < 1.29 is 4.43 Å². The van der Waals surface area contributed by atoms with E-state index >= 15 is 0 Å². The second-order valence-electron chi connectivity index (χ2n) is 7.37. The van der Waals surface area contributed by atoms with E-state index in [-0.39, 0.29) is 0 Å².